The lowest BCUT2D eigenvalue weighted by molar-refractivity contribution is 0.177. The maximum Gasteiger partial charge on any atom is 0.137 e. The summed E-state index contributed by atoms with van der Waals surface area (Å²) in [5, 5.41) is 9.71. The van der Waals surface area contributed by atoms with E-state index in [9.17, 15) is 9.50 Å². The fourth-order valence-electron chi connectivity index (χ4n) is 1.25. The number of hydrogen-bond acceptors (Lipinski definition) is 2. The van der Waals surface area contributed by atoms with Crippen molar-refractivity contribution in [3.8, 4) is 5.75 Å². The Hall–Kier alpha value is -0.510. The first-order valence-electron chi connectivity index (χ1n) is 4.84. The van der Waals surface area contributed by atoms with E-state index in [1.54, 1.807) is 0 Å². The summed E-state index contributed by atoms with van der Waals surface area (Å²) in [6.45, 7) is 3.66. The highest BCUT2D eigenvalue weighted by Crippen LogP contribution is 2.32. The number of aliphatic hydroxyl groups excluding tert-OH is 1. The number of halogens is 3. The third kappa shape index (κ3) is 3.51. The van der Waals surface area contributed by atoms with E-state index in [1.807, 2.05) is 13.8 Å². The summed E-state index contributed by atoms with van der Waals surface area (Å²) in [6.07, 6.45) is -1.26. The van der Waals surface area contributed by atoms with Crippen molar-refractivity contribution < 1.29 is 14.2 Å². The molecule has 0 aromatic heterocycles. The highest BCUT2D eigenvalue weighted by Gasteiger charge is 2.21. The van der Waals surface area contributed by atoms with Crippen LogP contribution in [0.4, 0.5) is 4.39 Å². The van der Waals surface area contributed by atoms with Gasteiger partial charge in [-0.05, 0) is 32.0 Å². The smallest absolute Gasteiger partial charge is 0.137 e. The first-order chi connectivity index (χ1) is 7.41. The standard InChI is InChI=1S/C11H13Cl2FO2/c1-6(2)16-9-4-3-7(14)5-8(9)10(15)11(12)13/h3-6,10-11,15H,1-2H3. The molecule has 0 saturated carbocycles. The number of alkyl halides is 2. The highest BCUT2D eigenvalue weighted by molar-refractivity contribution is 6.44. The van der Waals surface area contributed by atoms with Crippen molar-refractivity contribution >= 4 is 23.2 Å². The van der Waals surface area contributed by atoms with Crippen molar-refractivity contribution in [1.29, 1.82) is 0 Å². The molecule has 0 aliphatic rings. The van der Waals surface area contributed by atoms with Crippen LogP contribution in [0, 0.1) is 5.82 Å². The molecule has 0 amide bonds. The van der Waals surface area contributed by atoms with Gasteiger partial charge in [0, 0.05) is 5.56 Å². The molecule has 1 atom stereocenters. The monoisotopic (exact) mass is 266 g/mol. The molecule has 1 rings (SSSR count). The van der Waals surface area contributed by atoms with Crippen LogP contribution in [0.5, 0.6) is 5.75 Å². The number of aliphatic hydroxyl groups is 1. The molecule has 0 fully saturated rings. The Morgan fingerprint density at radius 1 is 1.31 bits per heavy atom. The minimum atomic E-state index is -1.17. The van der Waals surface area contributed by atoms with E-state index in [0.29, 0.717) is 5.75 Å². The first kappa shape index (κ1) is 13.6. The van der Waals surface area contributed by atoms with Gasteiger partial charge in [0.1, 0.15) is 22.5 Å². The molecule has 1 N–H and O–H groups in total. The van der Waals surface area contributed by atoms with Crippen molar-refractivity contribution in [3.05, 3.63) is 29.6 Å². The fourth-order valence-corrected chi connectivity index (χ4v) is 1.52. The molecule has 0 bridgehead atoms. The lowest BCUT2D eigenvalue weighted by atomic mass is 10.1. The average Bonchev–Trinajstić information content (AvgIpc) is 2.18. The van der Waals surface area contributed by atoms with E-state index in [0.717, 1.165) is 0 Å². The summed E-state index contributed by atoms with van der Waals surface area (Å²) < 4.78 is 18.5. The van der Waals surface area contributed by atoms with Crippen molar-refractivity contribution in [1.82, 2.24) is 0 Å². The van der Waals surface area contributed by atoms with E-state index in [1.165, 1.54) is 18.2 Å². The lowest BCUT2D eigenvalue weighted by Gasteiger charge is -2.18. The van der Waals surface area contributed by atoms with Crippen LogP contribution in [-0.4, -0.2) is 16.0 Å². The molecule has 1 unspecified atom stereocenters. The Morgan fingerprint density at radius 3 is 2.44 bits per heavy atom. The quantitative estimate of drug-likeness (QED) is 0.846. The van der Waals surface area contributed by atoms with Gasteiger partial charge < -0.3 is 9.84 Å². The van der Waals surface area contributed by atoms with Crippen LogP contribution in [0.25, 0.3) is 0 Å². The van der Waals surface area contributed by atoms with E-state index >= 15 is 0 Å². The van der Waals surface area contributed by atoms with Crippen LogP contribution in [0.2, 0.25) is 0 Å². The van der Waals surface area contributed by atoms with Gasteiger partial charge in [-0.25, -0.2) is 4.39 Å². The average molecular weight is 267 g/mol. The van der Waals surface area contributed by atoms with Gasteiger partial charge in [-0.2, -0.15) is 0 Å². The van der Waals surface area contributed by atoms with Gasteiger partial charge >= 0.3 is 0 Å². The Balaban J connectivity index is 3.07. The van der Waals surface area contributed by atoms with Crippen LogP contribution >= 0.6 is 23.2 Å². The molecule has 0 spiro atoms. The summed E-state index contributed by atoms with van der Waals surface area (Å²) >= 11 is 11.1. The van der Waals surface area contributed by atoms with Crippen LogP contribution < -0.4 is 4.74 Å². The molecular formula is C11H13Cl2FO2. The number of benzene rings is 1. The zero-order valence-corrected chi connectivity index (χ0v) is 10.5. The van der Waals surface area contributed by atoms with E-state index in [-0.39, 0.29) is 11.7 Å². The van der Waals surface area contributed by atoms with Gasteiger partial charge in [0.25, 0.3) is 0 Å². The molecule has 16 heavy (non-hydrogen) atoms. The van der Waals surface area contributed by atoms with Gasteiger partial charge in [0.2, 0.25) is 0 Å². The van der Waals surface area contributed by atoms with Gasteiger partial charge in [-0.1, -0.05) is 0 Å². The molecule has 1 aromatic rings. The van der Waals surface area contributed by atoms with Crippen LogP contribution in [0.3, 0.4) is 0 Å². The topological polar surface area (TPSA) is 29.5 Å². The molecule has 0 aliphatic carbocycles. The molecule has 0 saturated heterocycles. The van der Waals surface area contributed by atoms with E-state index in [4.69, 9.17) is 27.9 Å². The van der Waals surface area contributed by atoms with Crippen molar-refractivity contribution in [2.24, 2.45) is 0 Å². The van der Waals surface area contributed by atoms with Gasteiger partial charge in [-0.3, -0.25) is 0 Å². The molecule has 0 radical (unpaired) electrons. The predicted octanol–water partition coefficient (Wildman–Crippen LogP) is 3.45. The highest BCUT2D eigenvalue weighted by atomic mass is 35.5. The Kier molecular flexibility index (Phi) is 4.84. The summed E-state index contributed by atoms with van der Waals surface area (Å²) in [4.78, 5) is -1.03. The van der Waals surface area contributed by atoms with Gasteiger partial charge in [0.15, 0.2) is 0 Å². The largest absolute Gasteiger partial charge is 0.491 e. The summed E-state index contributed by atoms with van der Waals surface area (Å²) in [5.41, 5.74) is 0.253. The third-order valence-electron chi connectivity index (χ3n) is 1.89. The van der Waals surface area contributed by atoms with Crippen molar-refractivity contribution in [2.45, 2.75) is 30.9 Å². The minimum absolute atomic E-state index is 0.0829. The molecule has 0 heterocycles. The maximum absolute atomic E-state index is 13.1. The number of rotatable bonds is 4. The predicted molar refractivity (Wildman–Crippen MR) is 62.6 cm³/mol. The fraction of sp³-hybridized carbons (Fsp3) is 0.455. The Labute approximate surface area is 104 Å². The summed E-state index contributed by atoms with van der Waals surface area (Å²) in [7, 11) is 0. The minimum Gasteiger partial charge on any atom is -0.491 e. The lowest BCUT2D eigenvalue weighted by Crippen LogP contribution is -2.12. The maximum atomic E-state index is 13.1. The molecule has 1 aromatic carbocycles. The molecule has 0 aliphatic heterocycles. The molecule has 2 nitrogen and oxygen atoms in total. The zero-order chi connectivity index (χ0) is 12.3. The normalized spacial score (nSPS) is 13.2. The Morgan fingerprint density at radius 2 is 1.94 bits per heavy atom. The zero-order valence-electron chi connectivity index (χ0n) is 8.95. The first-order valence-corrected chi connectivity index (χ1v) is 5.71. The van der Waals surface area contributed by atoms with Gasteiger partial charge in [0.05, 0.1) is 6.10 Å². The number of ether oxygens (including phenoxy) is 1. The van der Waals surface area contributed by atoms with Crippen molar-refractivity contribution in [3.63, 3.8) is 0 Å². The molecule has 5 heteroatoms. The summed E-state index contributed by atoms with van der Waals surface area (Å²) in [5.74, 6) is -0.0886. The third-order valence-corrected chi connectivity index (χ3v) is 2.37. The van der Waals surface area contributed by atoms with Crippen molar-refractivity contribution in [2.75, 3.05) is 0 Å². The van der Waals surface area contributed by atoms with Crippen LogP contribution in [0.15, 0.2) is 18.2 Å². The number of hydrogen-bond donors (Lipinski definition) is 1. The second-order valence-electron chi connectivity index (χ2n) is 3.63. The SMILES string of the molecule is CC(C)Oc1ccc(F)cc1C(O)C(Cl)Cl. The van der Waals surface area contributed by atoms with Gasteiger partial charge in [-0.15, -0.1) is 23.2 Å². The molecular weight excluding hydrogens is 254 g/mol. The molecule has 90 valence electrons. The van der Waals surface area contributed by atoms with E-state index in [2.05, 4.69) is 0 Å². The van der Waals surface area contributed by atoms with Crippen LogP contribution in [0.1, 0.15) is 25.5 Å². The summed E-state index contributed by atoms with van der Waals surface area (Å²) in [6, 6.07) is 3.87. The van der Waals surface area contributed by atoms with E-state index < -0.39 is 16.8 Å². The van der Waals surface area contributed by atoms with Crippen LogP contribution in [-0.2, 0) is 0 Å². The second-order valence-corrected chi connectivity index (χ2v) is 4.79. The Bertz CT molecular complexity index is 356. The second kappa shape index (κ2) is 5.71.